The van der Waals surface area contributed by atoms with E-state index in [1.807, 2.05) is 9.90 Å². The van der Waals surface area contributed by atoms with E-state index in [-0.39, 0.29) is 5.56 Å². The van der Waals surface area contributed by atoms with Crippen LogP contribution < -0.4 is 10.9 Å². The molecule has 4 rings (SSSR count). The van der Waals surface area contributed by atoms with E-state index in [2.05, 4.69) is 20.4 Å². The Hall–Kier alpha value is -1.99. The lowest BCUT2D eigenvalue weighted by Gasteiger charge is -2.23. The Bertz CT molecular complexity index is 814. The standard InChI is InChI=1S/C14H15N5OS/c20-12-7-11(9-1-3-15-4-2-9)19-13(18-12)10(8-17-19)14-16-5-6-21-14/h5-9,15H,1-4H2,(H,18,20). The van der Waals surface area contributed by atoms with Crippen molar-refractivity contribution in [3.05, 3.63) is 39.9 Å². The first-order valence-corrected chi connectivity index (χ1v) is 7.92. The average Bonchev–Trinajstić information content (AvgIpc) is 3.15. The minimum Gasteiger partial charge on any atom is -0.317 e. The molecule has 0 saturated carbocycles. The van der Waals surface area contributed by atoms with Crippen molar-refractivity contribution in [1.29, 1.82) is 0 Å². The van der Waals surface area contributed by atoms with Gasteiger partial charge in [-0.25, -0.2) is 9.50 Å². The average molecular weight is 301 g/mol. The predicted octanol–water partition coefficient (Wildman–Crippen LogP) is 1.61. The molecule has 7 heteroatoms. The molecule has 0 atom stereocenters. The van der Waals surface area contributed by atoms with Crippen molar-refractivity contribution in [1.82, 2.24) is 24.9 Å². The zero-order chi connectivity index (χ0) is 14.2. The Kier molecular flexibility index (Phi) is 3.08. The molecule has 1 aliphatic heterocycles. The number of H-pyrrole nitrogens is 1. The maximum atomic E-state index is 12.0. The van der Waals surface area contributed by atoms with E-state index in [1.54, 1.807) is 29.8 Å². The molecule has 4 heterocycles. The molecule has 3 aromatic heterocycles. The van der Waals surface area contributed by atoms with Crippen LogP contribution in [0.25, 0.3) is 16.2 Å². The number of rotatable bonds is 2. The van der Waals surface area contributed by atoms with Crippen LogP contribution in [0, 0.1) is 0 Å². The number of nitrogens with zero attached hydrogens (tertiary/aromatic N) is 3. The molecule has 1 aliphatic rings. The second-order valence-corrected chi connectivity index (χ2v) is 6.13. The van der Waals surface area contributed by atoms with Gasteiger partial charge in [-0.15, -0.1) is 11.3 Å². The quantitative estimate of drug-likeness (QED) is 0.754. The van der Waals surface area contributed by atoms with Crippen LogP contribution in [0.4, 0.5) is 0 Å². The molecule has 1 fully saturated rings. The Morgan fingerprint density at radius 3 is 2.95 bits per heavy atom. The van der Waals surface area contributed by atoms with Crippen molar-refractivity contribution in [3.8, 4) is 10.6 Å². The van der Waals surface area contributed by atoms with Gasteiger partial charge in [0.2, 0.25) is 0 Å². The fourth-order valence-electron chi connectivity index (χ4n) is 2.93. The van der Waals surface area contributed by atoms with E-state index in [9.17, 15) is 4.79 Å². The Morgan fingerprint density at radius 1 is 1.33 bits per heavy atom. The lowest BCUT2D eigenvalue weighted by molar-refractivity contribution is 0.446. The summed E-state index contributed by atoms with van der Waals surface area (Å²) in [7, 11) is 0. The number of thiazole rings is 1. The van der Waals surface area contributed by atoms with Gasteiger partial charge in [0, 0.05) is 23.6 Å². The minimum absolute atomic E-state index is 0.0747. The summed E-state index contributed by atoms with van der Waals surface area (Å²) in [4.78, 5) is 19.3. The molecule has 0 aromatic carbocycles. The van der Waals surface area contributed by atoms with Gasteiger partial charge in [-0.3, -0.25) is 4.79 Å². The van der Waals surface area contributed by atoms with Crippen LogP contribution in [0.5, 0.6) is 0 Å². The fourth-order valence-corrected chi connectivity index (χ4v) is 3.58. The molecule has 0 unspecified atom stereocenters. The summed E-state index contributed by atoms with van der Waals surface area (Å²) in [6.07, 6.45) is 5.61. The van der Waals surface area contributed by atoms with Gasteiger partial charge in [0.25, 0.3) is 5.56 Å². The second-order valence-electron chi connectivity index (χ2n) is 5.24. The lowest BCUT2D eigenvalue weighted by atomic mass is 9.94. The molecular weight excluding hydrogens is 286 g/mol. The van der Waals surface area contributed by atoms with E-state index in [4.69, 9.17) is 0 Å². The number of hydrogen-bond donors (Lipinski definition) is 2. The first-order valence-electron chi connectivity index (χ1n) is 7.04. The highest BCUT2D eigenvalue weighted by Crippen LogP contribution is 2.28. The Morgan fingerprint density at radius 2 is 2.19 bits per heavy atom. The molecule has 0 amide bonds. The molecule has 0 radical (unpaired) electrons. The molecule has 108 valence electrons. The van der Waals surface area contributed by atoms with Crippen molar-refractivity contribution in [2.45, 2.75) is 18.8 Å². The van der Waals surface area contributed by atoms with Gasteiger partial charge in [-0.2, -0.15) is 5.10 Å². The number of piperidine rings is 1. The molecule has 2 N–H and O–H groups in total. The smallest absolute Gasteiger partial charge is 0.251 e. The van der Waals surface area contributed by atoms with Crippen molar-refractivity contribution in [2.75, 3.05) is 13.1 Å². The highest BCUT2D eigenvalue weighted by atomic mass is 32.1. The summed E-state index contributed by atoms with van der Waals surface area (Å²) in [5.74, 6) is 0.375. The van der Waals surface area contributed by atoms with Gasteiger partial charge in [-0.1, -0.05) is 0 Å². The van der Waals surface area contributed by atoms with E-state index in [1.165, 1.54) is 0 Å². The summed E-state index contributed by atoms with van der Waals surface area (Å²) < 4.78 is 1.87. The highest BCUT2D eigenvalue weighted by molar-refractivity contribution is 7.13. The maximum Gasteiger partial charge on any atom is 0.251 e. The molecule has 1 saturated heterocycles. The van der Waals surface area contributed by atoms with Crippen LogP contribution in [0.2, 0.25) is 0 Å². The summed E-state index contributed by atoms with van der Waals surface area (Å²) >= 11 is 1.55. The fraction of sp³-hybridized carbons (Fsp3) is 0.357. The van der Waals surface area contributed by atoms with Gasteiger partial charge in [-0.05, 0) is 25.9 Å². The monoisotopic (exact) mass is 301 g/mol. The third-order valence-corrected chi connectivity index (χ3v) is 4.76. The Labute approximate surface area is 124 Å². The minimum atomic E-state index is -0.0747. The van der Waals surface area contributed by atoms with Crippen molar-refractivity contribution < 1.29 is 0 Å². The number of fused-ring (bicyclic) bond motifs is 1. The third-order valence-electron chi connectivity index (χ3n) is 3.95. The van der Waals surface area contributed by atoms with Crippen LogP contribution >= 0.6 is 11.3 Å². The Balaban J connectivity index is 1.90. The van der Waals surface area contributed by atoms with Crippen molar-refractivity contribution >= 4 is 17.0 Å². The first kappa shape index (κ1) is 12.7. The largest absolute Gasteiger partial charge is 0.317 e. The third kappa shape index (κ3) is 2.18. The van der Waals surface area contributed by atoms with Crippen molar-refractivity contribution in [2.24, 2.45) is 0 Å². The van der Waals surface area contributed by atoms with Crippen LogP contribution in [0.15, 0.2) is 28.6 Å². The summed E-state index contributed by atoms with van der Waals surface area (Å²) in [5.41, 5.74) is 2.55. The number of aromatic nitrogens is 4. The maximum absolute atomic E-state index is 12.0. The number of hydrogen-bond acceptors (Lipinski definition) is 5. The van der Waals surface area contributed by atoms with E-state index < -0.39 is 0 Å². The molecule has 0 aliphatic carbocycles. The summed E-state index contributed by atoms with van der Waals surface area (Å²) in [6.45, 7) is 1.97. The van der Waals surface area contributed by atoms with Crippen LogP contribution in [-0.4, -0.2) is 32.7 Å². The molecule has 0 spiro atoms. The predicted molar refractivity (Wildman–Crippen MR) is 81.8 cm³/mol. The molecule has 3 aromatic rings. The summed E-state index contributed by atoms with van der Waals surface area (Å²) in [5, 5.41) is 10.6. The van der Waals surface area contributed by atoms with E-state index in [0.717, 1.165) is 47.8 Å². The van der Waals surface area contributed by atoms with E-state index in [0.29, 0.717) is 5.92 Å². The second kappa shape index (κ2) is 5.09. The topological polar surface area (TPSA) is 75.1 Å². The van der Waals surface area contributed by atoms with Gasteiger partial charge in [0.1, 0.15) is 10.7 Å². The van der Waals surface area contributed by atoms with Crippen LogP contribution in [0.1, 0.15) is 24.5 Å². The van der Waals surface area contributed by atoms with E-state index >= 15 is 0 Å². The van der Waals surface area contributed by atoms with Gasteiger partial charge >= 0.3 is 0 Å². The molecule has 6 nitrogen and oxygen atoms in total. The SMILES string of the molecule is O=c1cc(C2CCNCC2)n2ncc(-c3nccs3)c2[nH]1. The highest BCUT2D eigenvalue weighted by Gasteiger charge is 2.21. The zero-order valence-corrected chi connectivity index (χ0v) is 12.2. The number of nitrogens with one attached hydrogen (secondary N) is 2. The lowest BCUT2D eigenvalue weighted by Crippen LogP contribution is -2.28. The molecule has 0 bridgehead atoms. The van der Waals surface area contributed by atoms with Gasteiger partial charge in [0.05, 0.1) is 17.5 Å². The first-order chi connectivity index (χ1) is 10.3. The van der Waals surface area contributed by atoms with Crippen molar-refractivity contribution in [3.63, 3.8) is 0 Å². The van der Waals surface area contributed by atoms with Crippen LogP contribution in [-0.2, 0) is 0 Å². The van der Waals surface area contributed by atoms with Gasteiger partial charge in [0.15, 0.2) is 0 Å². The zero-order valence-electron chi connectivity index (χ0n) is 11.4. The normalized spacial score (nSPS) is 16.6. The van der Waals surface area contributed by atoms with Gasteiger partial charge < -0.3 is 10.3 Å². The molecular formula is C14H15N5OS. The van der Waals surface area contributed by atoms with Crippen LogP contribution in [0.3, 0.4) is 0 Å². The molecule has 21 heavy (non-hydrogen) atoms. The summed E-state index contributed by atoms with van der Waals surface area (Å²) in [6, 6.07) is 1.68. The number of aromatic amines is 1.